The van der Waals surface area contributed by atoms with Gasteiger partial charge in [0.2, 0.25) is 0 Å². The van der Waals surface area contributed by atoms with Crippen LogP contribution in [0.3, 0.4) is 0 Å². The predicted molar refractivity (Wildman–Crippen MR) is 74.9 cm³/mol. The van der Waals surface area contributed by atoms with Crippen molar-refractivity contribution < 1.29 is 4.92 Å². The quantitative estimate of drug-likeness (QED) is 0.661. The smallest absolute Gasteiger partial charge is 0.292 e. The average Bonchev–Trinajstić information content (AvgIpc) is 2.43. The van der Waals surface area contributed by atoms with Crippen molar-refractivity contribution >= 4 is 11.4 Å². The fraction of sp³-hybridized carbons (Fsp3) is 0.231. The van der Waals surface area contributed by atoms with Crippen LogP contribution in [0.15, 0.2) is 41.3 Å². The highest BCUT2D eigenvalue weighted by atomic mass is 16.6. The lowest BCUT2D eigenvalue weighted by Crippen LogP contribution is -2.22. The maximum atomic E-state index is 11.7. The molecule has 0 spiro atoms. The number of anilines is 1. The van der Waals surface area contributed by atoms with E-state index < -0.39 is 4.92 Å². The Hall–Kier alpha value is -2.70. The fourth-order valence-electron chi connectivity index (χ4n) is 1.92. The Kier molecular flexibility index (Phi) is 4.09. The third-order valence-electron chi connectivity index (χ3n) is 2.78. The van der Waals surface area contributed by atoms with Gasteiger partial charge in [-0.1, -0.05) is 12.1 Å². The summed E-state index contributed by atoms with van der Waals surface area (Å²) in [7, 11) is 0. The molecule has 0 saturated heterocycles. The van der Waals surface area contributed by atoms with Gasteiger partial charge >= 0.3 is 0 Å². The number of rotatable bonds is 5. The van der Waals surface area contributed by atoms with Crippen molar-refractivity contribution in [2.24, 2.45) is 0 Å². The van der Waals surface area contributed by atoms with Crippen molar-refractivity contribution in [1.29, 1.82) is 0 Å². The van der Waals surface area contributed by atoms with Crippen LogP contribution in [0.4, 0.5) is 11.4 Å². The summed E-state index contributed by atoms with van der Waals surface area (Å²) >= 11 is 0. The molecule has 0 amide bonds. The number of nitro groups is 1. The summed E-state index contributed by atoms with van der Waals surface area (Å²) < 4.78 is 1.26. The molecule has 104 valence electrons. The lowest BCUT2D eigenvalue weighted by Gasteiger charge is -2.11. The molecule has 1 aromatic heterocycles. The van der Waals surface area contributed by atoms with E-state index in [1.54, 1.807) is 18.2 Å². The van der Waals surface area contributed by atoms with Gasteiger partial charge in [-0.2, -0.15) is 5.10 Å². The number of nitro benzene ring substituents is 1. The monoisotopic (exact) mass is 274 g/mol. The molecule has 0 unspecified atom stereocenters. The molecule has 0 fully saturated rings. The number of para-hydroxylation sites is 1. The standard InChI is InChI=1S/C13H14N4O3/c1-2-14-13-10(5-3-6-11(13)17(19)20)9-16-12(18)7-4-8-15-16/h3-8,14H,2,9H2,1H3. The van der Waals surface area contributed by atoms with Crippen molar-refractivity contribution in [3.05, 3.63) is 62.6 Å². The average molecular weight is 274 g/mol. The van der Waals surface area contributed by atoms with Gasteiger partial charge in [0.15, 0.2) is 0 Å². The molecule has 0 atom stereocenters. The Morgan fingerprint density at radius 3 is 2.80 bits per heavy atom. The molecule has 0 radical (unpaired) electrons. The number of benzene rings is 1. The van der Waals surface area contributed by atoms with E-state index in [2.05, 4.69) is 10.4 Å². The third kappa shape index (κ3) is 2.82. The lowest BCUT2D eigenvalue weighted by atomic mass is 10.1. The van der Waals surface area contributed by atoms with E-state index in [1.807, 2.05) is 6.92 Å². The lowest BCUT2D eigenvalue weighted by molar-refractivity contribution is -0.384. The Morgan fingerprint density at radius 1 is 1.35 bits per heavy atom. The number of hydrogen-bond donors (Lipinski definition) is 1. The second-order valence-electron chi connectivity index (χ2n) is 4.12. The SMILES string of the molecule is CCNc1c(Cn2ncccc2=O)cccc1[N+](=O)[O-]. The van der Waals surface area contributed by atoms with E-state index >= 15 is 0 Å². The van der Waals surface area contributed by atoms with Crippen LogP contribution in [0.2, 0.25) is 0 Å². The molecule has 7 heteroatoms. The van der Waals surface area contributed by atoms with Gasteiger partial charge in [-0.25, -0.2) is 4.68 Å². The van der Waals surface area contributed by atoms with Crippen LogP contribution in [0.5, 0.6) is 0 Å². The molecule has 1 aromatic carbocycles. The Morgan fingerprint density at radius 2 is 2.15 bits per heavy atom. The molecule has 2 rings (SSSR count). The van der Waals surface area contributed by atoms with Crippen LogP contribution < -0.4 is 10.9 Å². The van der Waals surface area contributed by atoms with E-state index in [0.29, 0.717) is 17.8 Å². The van der Waals surface area contributed by atoms with Crippen molar-refractivity contribution in [2.45, 2.75) is 13.5 Å². The van der Waals surface area contributed by atoms with E-state index in [1.165, 1.54) is 23.0 Å². The summed E-state index contributed by atoms with van der Waals surface area (Å²) in [4.78, 5) is 22.3. The largest absolute Gasteiger partial charge is 0.379 e. The minimum Gasteiger partial charge on any atom is -0.379 e. The van der Waals surface area contributed by atoms with Crippen molar-refractivity contribution in [3.8, 4) is 0 Å². The summed E-state index contributed by atoms with van der Waals surface area (Å²) in [6.45, 7) is 2.59. The second-order valence-corrected chi connectivity index (χ2v) is 4.12. The molecule has 0 aliphatic carbocycles. The molecule has 0 bridgehead atoms. The summed E-state index contributed by atoms with van der Waals surface area (Å²) in [6.07, 6.45) is 1.51. The van der Waals surface area contributed by atoms with E-state index in [-0.39, 0.29) is 17.8 Å². The summed E-state index contributed by atoms with van der Waals surface area (Å²) in [5.41, 5.74) is 0.828. The topological polar surface area (TPSA) is 90.1 Å². The second kappa shape index (κ2) is 5.96. The normalized spacial score (nSPS) is 10.2. The molecule has 7 nitrogen and oxygen atoms in total. The molecule has 0 aliphatic heterocycles. The molecule has 20 heavy (non-hydrogen) atoms. The number of nitrogens with zero attached hydrogens (tertiary/aromatic N) is 3. The molecule has 1 N–H and O–H groups in total. The highest BCUT2D eigenvalue weighted by Gasteiger charge is 2.17. The van der Waals surface area contributed by atoms with E-state index in [9.17, 15) is 14.9 Å². The van der Waals surface area contributed by atoms with E-state index in [0.717, 1.165) is 0 Å². The van der Waals surface area contributed by atoms with Gasteiger partial charge in [0.25, 0.3) is 11.2 Å². The van der Waals surface area contributed by atoms with Crippen molar-refractivity contribution in [2.75, 3.05) is 11.9 Å². The Bertz CT molecular complexity index is 681. The maximum Gasteiger partial charge on any atom is 0.292 e. The molecular weight excluding hydrogens is 260 g/mol. The van der Waals surface area contributed by atoms with Crippen LogP contribution in [-0.4, -0.2) is 21.2 Å². The Balaban J connectivity index is 2.46. The van der Waals surface area contributed by atoms with Gasteiger partial charge in [-0.15, -0.1) is 0 Å². The van der Waals surface area contributed by atoms with Gasteiger partial charge in [0.05, 0.1) is 11.5 Å². The zero-order valence-corrected chi connectivity index (χ0v) is 10.9. The summed E-state index contributed by atoms with van der Waals surface area (Å²) in [5, 5.41) is 18.0. The van der Waals surface area contributed by atoms with Crippen molar-refractivity contribution in [1.82, 2.24) is 9.78 Å². The first-order valence-corrected chi connectivity index (χ1v) is 6.15. The van der Waals surface area contributed by atoms with Crippen LogP contribution in [0.1, 0.15) is 12.5 Å². The van der Waals surface area contributed by atoms with Crippen LogP contribution in [0, 0.1) is 10.1 Å². The molecular formula is C13H14N4O3. The maximum absolute atomic E-state index is 11.7. The van der Waals surface area contributed by atoms with Gasteiger partial charge < -0.3 is 5.32 Å². The van der Waals surface area contributed by atoms with Gasteiger partial charge in [-0.3, -0.25) is 14.9 Å². The first-order valence-electron chi connectivity index (χ1n) is 6.15. The molecule has 1 heterocycles. The van der Waals surface area contributed by atoms with Crippen LogP contribution >= 0.6 is 0 Å². The highest BCUT2D eigenvalue weighted by Crippen LogP contribution is 2.28. The first kappa shape index (κ1) is 13.7. The van der Waals surface area contributed by atoms with Crippen LogP contribution in [-0.2, 0) is 6.54 Å². The Labute approximate surface area is 115 Å². The fourth-order valence-corrected chi connectivity index (χ4v) is 1.92. The zero-order chi connectivity index (χ0) is 14.5. The van der Waals surface area contributed by atoms with Gasteiger partial charge in [0.1, 0.15) is 5.69 Å². The van der Waals surface area contributed by atoms with Gasteiger partial charge in [-0.05, 0) is 13.0 Å². The third-order valence-corrected chi connectivity index (χ3v) is 2.78. The van der Waals surface area contributed by atoms with Crippen molar-refractivity contribution in [3.63, 3.8) is 0 Å². The van der Waals surface area contributed by atoms with Gasteiger partial charge in [0, 0.05) is 30.4 Å². The molecule has 2 aromatic rings. The molecule has 0 aliphatic rings. The highest BCUT2D eigenvalue weighted by molar-refractivity contribution is 5.66. The van der Waals surface area contributed by atoms with Crippen LogP contribution in [0.25, 0.3) is 0 Å². The predicted octanol–water partition coefficient (Wildman–Crippen LogP) is 1.63. The first-order chi connectivity index (χ1) is 9.63. The minimum absolute atomic E-state index is 0.00618. The zero-order valence-electron chi connectivity index (χ0n) is 10.9. The minimum atomic E-state index is -0.442. The van der Waals surface area contributed by atoms with E-state index in [4.69, 9.17) is 0 Å². The summed E-state index contributed by atoms with van der Waals surface area (Å²) in [5.74, 6) is 0. The summed E-state index contributed by atoms with van der Waals surface area (Å²) in [6, 6.07) is 7.73. The number of nitrogens with one attached hydrogen (secondary N) is 1. The number of aromatic nitrogens is 2. The molecule has 0 saturated carbocycles. The number of hydrogen-bond acceptors (Lipinski definition) is 5.